The Hall–Kier alpha value is -3.68. The van der Waals surface area contributed by atoms with Gasteiger partial charge in [0.25, 0.3) is 5.56 Å². The second-order valence-electron chi connectivity index (χ2n) is 6.88. The number of hydrogen-bond acceptors (Lipinski definition) is 5. The summed E-state index contributed by atoms with van der Waals surface area (Å²) in [7, 11) is 0. The number of nitrogens with one attached hydrogen (secondary N) is 3. The van der Waals surface area contributed by atoms with Crippen LogP contribution in [-0.2, 0) is 6.42 Å². The fourth-order valence-corrected chi connectivity index (χ4v) is 3.90. The molecular formula is C20H18N6O2. The van der Waals surface area contributed by atoms with Gasteiger partial charge in [-0.05, 0) is 42.5 Å². The van der Waals surface area contributed by atoms with Crippen molar-refractivity contribution in [1.82, 2.24) is 24.5 Å². The predicted octanol–water partition coefficient (Wildman–Crippen LogP) is 2.48. The van der Waals surface area contributed by atoms with E-state index in [0.717, 1.165) is 24.8 Å². The molecule has 0 amide bonds. The molecule has 8 nitrogen and oxygen atoms in total. The van der Waals surface area contributed by atoms with E-state index < -0.39 is 0 Å². The second-order valence-corrected chi connectivity index (χ2v) is 6.88. The van der Waals surface area contributed by atoms with E-state index in [1.807, 2.05) is 12.1 Å². The molecule has 8 heteroatoms. The summed E-state index contributed by atoms with van der Waals surface area (Å²) < 4.78 is 1.70. The minimum absolute atomic E-state index is 0.0749. The molecular weight excluding hydrogens is 356 g/mol. The number of aromatic amines is 2. The van der Waals surface area contributed by atoms with Gasteiger partial charge in [-0.25, -0.2) is 9.78 Å². The van der Waals surface area contributed by atoms with E-state index in [-0.39, 0.29) is 23.2 Å². The lowest BCUT2D eigenvalue weighted by atomic mass is 9.87. The number of benzene rings is 1. The molecule has 0 bridgehead atoms. The lowest BCUT2D eigenvalue weighted by molar-refractivity contribution is 0.487. The Morgan fingerprint density at radius 1 is 1.14 bits per heavy atom. The third-order valence-corrected chi connectivity index (χ3v) is 5.17. The van der Waals surface area contributed by atoms with E-state index in [4.69, 9.17) is 0 Å². The maximum Gasteiger partial charge on any atom is 0.328 e. The van der Waals surface area contributed by atoms with Gasteiger partial charge in [0.05, 0.1) is 12.2 Å². The molecule has 0 fully saturated rings. The number of aryl methyl sites for hydroxylation is 1. The largest absolute Gasteiger partial charge is 0.328 e. The third-order valence-electron chi connectivity index (χ3n) is 5.17. The van der Waals surface area contributed by atoms with Crippen LogP contribution >= 0.6 is 0 Å². The van der Waals surface area contributed by atoms with Crippen molar-refractivity contribution < 1.29 is 0 Å². The van der Waals surface area contributed by atoms with E-state index >= 15 is 0 Å². The van der Waals surface area contributed by atoms with Crippen LogP contribution in [0.1, 0.15) is 30.0 Å². The smallest absolute Gasteiger partial charge is 0.327 e. The van der Waals surface area contributed by atoms with Crippen molar-refractivity contribution in [2.45, 2.75) is 25.3 Å². The van der Waals surface area contributed by atoms with E-state index in [1.54, 1.807) is 29.1 Å². The van der Waals surface area contributed by atoms with E-state index in [0.29, 0.717) is 16.9 Å². The number of anilines is 2. The third kappa shape index (κ3) is 2.70. The van der Waals surface area contributed by atoms with Crippen LogP contribution in [0, 0.1) is 0 Å². The van der Waals surface area contributed by atoms with Crippen molar-refractivity contribution >= 4 is 22.8 Å². The fourth-order valence-electron chi connectivity index (χ4n) is 3.90. The van der Waals surface area contributed by atoms with Gasteiger partial charge in [-0.1, -0.05) is 24.3 Å². The number of pyridine rings is 1. The monoisotopic (exact) mass is 374 g/mol. The molecule has 1 aliphatic rings. The molecule has 3 heterocycles. The fraction of sp³-hybridized carbons (Fsp3) is 0.200. The summed E-state index contributed by atoms with van der Waals surface area (Å²) in [5.41, 5.74) is 3.39. The summed E-state index contributed by atoms with van der Waals surface area (Å²) in [4.78, 5) is 38.9. The summed E-state index contributed by atoms with van der Waals surface area (Å²) >= 11 is 0. The Kier molecular flexibility index (Phi) is 3.82. The first kappa shape index (κ1) is 16.5. The number of imidazole rings is 1. The Morgan fingerprint density at radius 2 is 2.04 bits per heavy atom. The number of nitrogens with zero attached hydrogens (tertiary/aromatic N) is 3. The quantitative estimate of drug-likeness (QED) is 0.510. The molecule has 3 aromatic heterocycles. The molecule has 140 valence electrons. The maximum absolute atomic E-state index is 12.7. The first-order valence-electron chi connectivity index (χ1n) is 9.20. The highest BCUT2D eigenvalue weighted by Gasteiger charge is 2.25. The van der Waals surface area contributed by atoms with E-state index in [9.17, 15) is 9.59 Å². The molecule has 5 rings (SSSR count). The Labute approximate surface area is 159 Å². The van der Waals surface area contributed by atoms with Gasteiger partial charge >= 0.3 is 5.69 Å². The second kappa shape index (κ2) is 6.49. The van der Waals surface area contributed by atoms with Crippen LogP contribution in [0.15, 0.2) is 58.4 Å². The van der Waals surface area contributed by atoms with Crippen LogP contribution in [-0.4, -0.2) is 24.5 Å². The van der Waals surface area contributed by atoms with Crippen molar-refractivity contribution in [3.05, 3.63) is 80.8 Å². The first-order valence-corrected chi connectivity index (χ1v) is 9.20. The topological polar surface area (TPSA) is 108 Å². The number of fused-ring (bicyclic) bond motifs is 2. The van der Waals surface area contributed by atoms with Gasteiger partial charge in [0.15, 0.2) is 5.65 Å². The molecule has 0 saturated heterocycles. The van der Waals surface area contributed by atoms with Gasteiger partial charge in [0, 0.05) is 6.20 Å². The molecule has 4 aromatic rings. The molecule has 1 aliphatic carbocycles. The lowest BCUT2D eigenvalue weighted by Gasteiger charge is -2.26. The summed E-state index contributed by atoms with van der Waals surface area (Å²) in [5.74, 6) is 0.265. The Morgan fingerprint density at radius 3 is 2.93 bits per heavy atom. The minimum atomic E-state index is -0.265. The molecule has 28 heavy (non-hydrogen) atoms. The number of hydrogen-bond donors (Lipinski definition) is 3. The number of H-pyrrole nitrogens is 2. The lowest BCUT2D eigenvalue weighted by Crippen LogP contribution is -2.26. The standard InChI is InChI=1S/C20H18N6O2/c27-18-14(8-4-10-21-18)23-19-22-11-15-17(25-19)26(20(28)24-15)16-9-3-6-12-5-1-2-7-13(12)16/h1-2,4-5,7-8,10-11,16H,3,6,9H2,(H,21,27)(H,24,28)(H,22,23,25)/t16-/m1/s1. The van der Waals surface area contributed by atoms with Gasteiger partial charge in [0.1, 0.15) is 11.2 Å². The zero-order chi connectivity index (χ0) is 19.1. The Bertz CT molecular complexity index is 1290. The molecule has 0 saturated carbocycles. The van der Waals surface area contributed by atoms with Crippen LogP contribution in [0.3, 0.4) is 0 Å². The average Bonchev–Trinajstić information content (AvgIpc) is 3.04. The highest BCUT2D eigenvalue weighted by atomic mass is 16.1. The van der Waals surface area contributed by atoms with Gasteiger partial charge < -0.3 is 15.3 Å². The first-order chi connectivity index (χ1) is 13.7. The van der Waals surface area contributed by atoms with E-state index in [2.05, 4.69) is 37.4 Å². The van der Waals surface area contributed by atoms with Crippen molar-refractivity contribution in [2.24, 2.45) is 0 Å². The maximum atomic E-state index is 12.7. The molecule has 0 aliphatic heterocycles. The van der Waals surface area contributed by atoms with Gasteiger partial charge in [-0.3, -0.25) is 9.36 Å². The SMILES string of the molecule is O=c1[nH]cccc1Nc1ncc2[nH]c(=O)n([C@@H]3CCCc4ccccc43)c2n1. The summed E-state index contributed by atoms with van der Waals surface area (Å²) in [6.45, 7) is 0. The highest BCUT2D eigenvalue weighted by molar-refractivity contribution is 5.72. The van der Waals surface area contributed by atoms with Crippen LogP contribution in [0.25, 0.3) is 11.2 Å². The van der Waals surface area contributed by atoms with Crippen LogP contribution in [0.5, 0.6) is 0 Å². The highest BCUT2D eigenvalue weighted by Crippen LogP contribution is 2.33. The molecule has 0 spiro atoms. The minimum Gasteiger partial charge on any atom is -0.327 e. The molecule has 3 N–H and O–H groups in total. The molecule has 0 unspecified atom stereocenters. The van der Waals surface area contributed by atoms with Crippen molar-refractivity contribution in [3.8, 4) is 0 Å². The predicted molar refractivity (Wildman–Crippen MR) is 106 cm³/mol. The van der Waals surface area contributed by atoms with Crippen molar-refractivity contribution in [1.29, 1.82) is 0 Å². The van der Waals surface area contributed by atoms with Crippen LogP contribution in [0.4, 0.5) is 11.6 Å². The molecule has 1 atom stereocenters. The van der Waals surface area contributed by atoms with Gasteiger partial charge in [-0.15, -0.1) is 0 Å². The molecule has 0 radical (unpaired) electrons. The Balaban J connectivity index is 1.62. The van der Waals surface area contributed by atoms with Gasteiger partial charge in [0.2, 0.25) is 5.95 Å². The zero-order valence-electron chi connectivity index (χ0n) is 15.0. The van der Waals surface area contributed by atoms with Crippen molar-refractivity contribution in [2.75, 3.05) is 5.32 Å². The normalized spacial score (nSPS) is 16.1. The summed E-state index contributed by atoms with van der Waals surface area (Å²) in [6, 6.07) is 11.5. The van der Waals surface area contributed by atoms with E-state index in [1.165, 1.54) is 5.56 Å². The summed E-state index contributed by atoms with van der Waals surface area (Å²) in [6.07, 6.45) is 6.02. The molecule has 1 aromatic carbocycles. The zero-order valence-corrected chi connectivity index (χ0v) is 15.0. The summed E-state index contributed by atoms with van der Waals surface area (Å²) in [5, 5.41) is 2.93. The number of rotatable bonds is 3. The van der Waals surface area contributed by atoms with Crippen LogP contribution in [0.2, 0.25) is 0 Å². The average molecular weight is 374 g/mol. The van der Waals surface area contributed by atoms with Crippen LogP contribution < -0.4 is 16.6 Å². The van der Waals surface area contributed by atoms with Gasteiger partial charge in [-0.2, -0.15) is 4.98 Å². The number of aromatic nitrogens is 5. The van der Waals surface area contributed by atoms with Crippen molar-refractivity contribution in [3.63, 3.8) is 0 Å².